The Bertz CT molecular complexity index is 486. The standard InChI is InChI=1S/C10H10ClN3S2/c1-6(7-4-2-3-5-8(7)11)15-10-14-13-9(12)16-10/h2-6H,1H3,(H2,12,13)/t6-/m0/s1. The van der Waals surface area contributed by atoms with Gasteiger partial charge in [0.25, 0.3) is 0 Å². The number of nitrogen functional groups attached to an aromatic ring is 1. The van der Waals surface area contributed by atoms with E-state index in [2.05, 4.69) is 17.1 Å². The third-order valence-electron chi connectivity index (χ3n) is 2.04. The highest BCUT2D eigenvalue weighted by Crippen LogP contribution is 2.39. The van der Waals surface area contributed by atoms with Crippen LogP contribution in [0.1, 0.15) is 17.7 Å². The highest BCUT2D eigenvalue weighted by atomic mass is 35.5. The molecule has 0 aliphatic rings. The number of halogens is 1. The Kier molecular flexibility index (Phi) is 3.68. The van der Waals surface area contributed by atoms with Crippen molar-refractivity contribution in [1.82, 2.24) is 10.2 Å². The maximum absolute atomic E-state index is 6.12. The lowest BCUT2D eigenvalue weighted by Crippen LogP contribution is -1.89. The van der Waals surface area contributed by atoms with Gasteiger partial charge in [-0.15, -0.1) is 10.2 Å². The molecule has 0 bridgehead atoms. The second kappa shape index (κ2) is 5.03. The van der Waals surface area contributed by atoms with Gasteiger partial charge < -0.3 is 5.73 Å². The molecule has 0 amide bonds. The minimum Gasteiger partial charge on any atom is -0.374 e. The van der Waals surface area contributed by atoms with Gasteiger partial charge in [0.15, 0.2) is 4.34 Å². The van der Waals surface area contributed by atoms with Crippen molar-refractivity contribution in [3.8, 4) is 0 Å². The molecule has 2 aromatic rings. The van der Waals surface area contributed by atoms with Crippen molar-refractivity contribution >= 4 is 39.8 Å². The lowest BCUT2D eigenvalue weighted by atomic mass is 10.2. The van der Waals surface area contributed by atoms with Gasteiger partial charge in [-0.2, -0.15) is 0 Å². The average Bonchev–Trinajstić information content (AvgIpc) is 2.64. The maximum Gasteiger partial charge on any atom is 0.203 e. The molecule has 16 heavy (non-hydrogen) atoms. The quantitative estimate of drug-likeness (QED) is 0.866. The molecule has 0 unspecified atom stereocenters. The summed E-state index contributed by atoms with van der Waals surface area (Å²) in [6.07, 6.45) is 0. The Balaban J connectivity index is 2.14. The van der Waals surface area contributed by atoms with Crippen LogP contribution in [0.4, 0.5) is 5.13 Å². The molecule has 2 N–H and O–H groups in total. The third-order valence-corrected chi connectivity index (χ3v) is 4.36. The highest BCUT2D eigenvalue weighted by Gasteiger charge is 2.13. The van der Waals surface area contributed by atoms with E-state index in [9.17, 15) is 0 Å². The van der Waals surface area contributed by atoms with E-state index in [4.69, 9.17) is 17.3 Å². The summed E-state index contributed by atoms with van der Waals surface area (Å²) in [6.45, 7) is 2.09. The van der Waals surface area contributed by atoms with Crippen LogP contribution in [0.25, 0.3) is 0 Å². The molecule has 0 spiro atoms. The zero-order valence-electron chi connectivity index (χ0n) is 8.55. The van der Waals surface area contributed by atoms with Gasteiger partial charge in [-0.05, 0) is 18.6 Å². The van der Waals surface area contributed by atoms with E-state index in [1.54, 1.807) is 11.8 Å². The van der Waals surface area contributed by atoms with Crippen molar-refractivity contribution in [3.05, 3.63) is 34.9 Å². The van der Waals surface area contributed by atoms with Crippen molar-refractivity contribution in [2.45, 2.75) is 16.5 Å². The summed E-state index contributed by atoms with van der Waals surface area (Å²) in [4.78, 5) is 0. The summed E-state index contributed by atoms with van der Waals surface area (Å²) < 4.78 is 0.866. The Morgan fingerprint density at radius 3 is 2.75 bits per heavy atom. The van der Waals surface area contributed by atoms with Crippen molar-refractivity contribution in [2.24, 2.45) is 0 Å². The summed E-state index contributed by atoms with van der Waals surface area (Å²) in [5, 5.41) is 9.26. The van der Waals surface area contributed by atoms with E-state index < -0.39 is 0 Å². The Morgan fingerprint density at radius 2 is 2.12 bits per heavy atom. The van der Waals surface area contributed by atoms with Gasteiger partial charge in [0, 0.05) is 10.3 Å². The summed E-state index contributed by atoms with van der Waals surface area (Å²) in [6, 6.07) is 7.81. The van der Waals surface area contributed by atoms with E-state index in [1.807, 2.05) is 24.3 Å². The summed E-state index contributed by atoms with van der Waals surface area (Å²) in [7, 11) is 0. The lowest BCUT2D eigenvalue weighted by molar-refractivity contribution is 1.00. The van der Waals surface area contributed by atoms with Crippen molar-refractivity contribution < 1.29 is 0 Å². The number of nitrogens with two attached hydrogens (primary N) is 1. The molecule has 0 aliphatic heterocycles. The van der Waals surface area contributed by atoms with E-state index in [1.165, 1.54) is 11.3 Å². The number of nitrogens with zero attached hydrogens (tertiary/aromatic N) is 2. The summed E-state index contributed by atoms with van der Waals surface area (Å²) in [5.41, 5.74) is 6.63. The molecule has 0 fully saturated rings. The molecule has 1 aromatic carbocycles. The maximum atomic E-state index is 6.12. The van der Waals surface area contributed by atoms with E-state index in [0.29, 0.717) is 5.13 Å². The largest absolute Gasteiger partial charge is 0.374 e. The number of thioether (sulfide) groups is 1. The highest BCUT2D eigenvalue weighted by molar-refractivity contribution is 8.01. The number of aromatic nitrogens is 2. The molecule has 0 aliphatic carbocycles. The summed E-state index contributed by atoms with van der Waals surface area (Å²) >= 11 is 9.12. The average molecular weight is 272 g/mol. The first-order chi connectivity index (χ1) is 7.66. The van der Waals surface area contributed by atoms with E-state index in [0.717, 1.165) is 14.9 Å². The number of hydrogen-bond acceptors (Lipinski definition) is 5. The predicted molar refractivity (Wildman–Crippen MR) is 70.0 cm³/mol. The van der Waals surface area contributed by atoms with Gasteiger partial charge in [0.1, 0.15) is 0 Å². The fourth-order valence-corrected chi connectivity index (χ4v) is 3.60. The molecular formula is C10H10ClN3S2. The lowest BCUT2D eigenvalue weighted by Gasteiger charge is -2.10. The van der Waals surface area contributed by atoms with E-state index in [-0.39, 0.29) is 5.25 Å². The van der Waals surface area contributed by atoms with Crippen molar-refractivity contribution in [3.63, 3.8) is 0 Å². The minimum absolute atomic E-state index is 0.237. The SMILES string of the molecule is C[C@H](Sc1nnc(N)s1)c1ccccc1Cl. The van der Waals surface area contributed by atoms with Gasteiger partial charge in [-0.1, -0.05) is 52.9 Å². The van der Waals surface area contributed by atoms with E-state index >= 15 is 0 Å². The van der Waals surface area contributed by atoms with Gasteiger partial charge in [-0.3, -0.25) is 0 Å². The summed E-state index contributed by atoms with van der Waals surface area (Å²) in [5.74, 6) is 0. The first-order valence-electron chi connectivity index (χ1n) is 4.67. The number of rotatable bonds is 3. The minimum atomic E-state index is 0.237. The second-order valence-electron chi connectivity index (χ2n) is 3.19. The van der Waals surface area contributed by atoms with Crippen molar-refractivity contribution in [2.75, 3.05) is 5.73 Å². The van der Waals surface area contributed by atoms with Crippen LogP contribution in [0.3, 0.4) is 0 Å². The smallest absolute Gasteiger partial charge is 0.203 e. The van der Waals surface area contributed by atoms with Crippen LogP contribution in [0.15, 0.2) is 28.6 Å². The Morgan fingerprint density at radius 1 is 1.38 bits per heavy atom. The molecule has 84 valence electrons. The molecule has 2 rings (SSSR count). The normalized spacial score (nSPS) is 12.6. The second-order valence-corrected chi connectivity index (χ2v) is 6.19. The number of hydrogen-bond donors (Lipinski definition) is 1. The zero-order valence-corrected chi connectivity index (χ0v) is 10.9. The van der Waals surface area contributed by atoms with Gasteiger partial charge in [0.2, 0.25) is 5.13 Å². The topological polar surface area (TPSA) is 51.8 Å². The van der Waals surface area contributed by atoms with Gasteiger partial charge >= 0.3 is 0 Å². The first-order valence-corrected chi connectivity index (χ1v) is 6.74. The first kappa shape index (κ1) is 11.7. The number of anilines is 1. The molecule has 0 saturated carbocycles. The molecule has 1 aromatic heterocycles. The number of benzene rings is 1. The van der Waals surface area contributed by atoms with Crippen LogP contribution < -0.4 is 5.73 Å². The van der Waals surface area contributed by atoms with Crippen LogP contribution in [0.5, 0.6) is 0 Å². The fourth-order valence-electron chi connectivity index (χ4n) is 1.29. The van der Waals surface area contributed by atoms with Crippen molar-refractivity contribution in [1.29, 1.82) is 0 Å². The molecule has 1 heterocycles. The molecule has 3 nitrogen and oxygen atoms in total. The molecule has 1 atom stereocenters. The molecule has 6 heteroatoms. The van der Waals surface area contributed by atoms with Crippen LogP contribution >= 0.6 is 34.7 Å². The van der Waals surface area contributed by atoms with Gasteiger partial charge in [-0.25, -0.2) is 0 Å². The Hall–Kier alpha value is -0.780. The molecule has 0 radical (unpaired) electrons. The predicted octanol–water partition coefficient (Wildman–Crippen LogP) is 3.63. The monoisotopic (exact) mass is 271 g/mol. The molecule has 0 saturated heterocycles. The van der Waals surface area contributed by atoms with Gasteiger partial charge in [0.05, 0.1) is 0 Å². The van der Waals surface area contributed by atoms with Crippen LogP contribution in [-0.2, 0) is 0 Å². The van der Waals surface area contributed by atoms with Crippen LogP contribution in [0.2, 0.25) is 5.02 Å². The van der Waals surface area contributed by atoms with Crippen LogP contribution in [-0.4, -0.2) is 10.2 Å². The van der Waals surface area contributed by atoms with Crippen LogP contribution in [0, 0.1) is 0 Å². The zero-order chi connectivity index (χ0) is 11.5. The fraction of sp³-hybridized carbons (Fsp3) is 0.200. The molecular weight excluding hydrogens is 262 g/mol. The third kappa shape index (κ3) is 2.66. The Labute approximate surface area is 107 Å².